The van der Waals surface area contributed by atoms with Gasteiger partial charge in [-0.05, 0) is 43.4 Å². The van der Waals surface area contributed by atoms with Crippen molar-refractivity contribution in [2.75, 3.05) is 20.2 Å². The molecule has 9 heteroatoms. The molecular weight excluding hydrogens is 462 g/mol. The van der Waals surface area contributed by atoms with E-state index in [0.29, 0.717) is 44.6 Å². The van der Waals surface area contributed by atoms with Crippen LogP contribution in [0.4, 0.5) is 0 Å². The molecule has 5 N–H and O–H groups in total. The van der Waals surface area contributed by atoms with Gasteiger partial charge in [0, 0.05) is 51.1 Å². The van der Waals surface area contributed by atoms with Crippen LogP contribution >= 0.6 is 0 Å². The summed E-state index contributed by atoms with van der Waals surface area (Å²) in [7, 11) is 1.62. The third-order valence-corrected chi connectivity index (χ3v) is 6.56. The summed E-state index contributed by atoms with van der Waals surface area (Å²) >= 11 is 0. The average Bonchev–Trinajstić information content (AvgIpc) is 2.85. The Balaban J connectivity index is 2.34. The van der Waals surface area contributed by atoms with Crippen molar-refractivity contribution in [3.05, 3.63) is 23.8 Å². The number of rotatable bonds is 10. The number of hydrogen-bond donors (Lipinski definition) is 4. The highest BCUT2D eigenvalue weighted by molar-refractivity contribution is 5.77. The second kappa shape index (κ2) is 14.3. The molecule has 9 nitrogen and oxygen atoms in total. The minimum atomic E-state index is -0.665. The van der Waals surface area contributed by atoms with E-state index in [1.54, 1.807) is 25.2 Å². The van der Waals surface area contributed by atoms with Gasteiger partial charge in [0.25, 0.3) is 0 Å². The van der Waals surface area contributed by atoms with Crippen LogP contribution in [0.15, 0.2) is 23.2 Å². The maximum atomic E-state index is 11.9. The first-order valence-corrected chi connectivity index (χ1v) is 12.4. The zero-order valence-corrected chi connectivity index (χ0v) is 21.5. The first kappa shape index (κ1) is 29.0. The number of ether oxygens (including phenoxy) is 2. The standard InChI is InChI=1S/C27H39N3O6/c1-4-27(18-30-26(28)29-3)11-5-7-21(24(36-19(2)32)17-22(33)10-12-27)15-20-8-9-23(34)25(16-20)35-14-6-13-31/h8-9,13,16,21-22,24,33-34H,4,6-7,10,12,14-15,17-18H2,1-3H3,(H3,28,29,30). The number of carbonyl (C=O) groups excluding carboxylic acids is 2. The Morgan fingerprint density at radius 3 is 2.86 bits per heavy atom. The lowest BCUT2D eigenvalue weighted by atomic mass is 9.77. The molecule has 1 aliphatic carbocycles. The predicted octanol–water partition coefficient (Wildman–Crippen LogP) is 2.32. The molecule has 0 fully saturated rings. The fourth-order valence-electron chi connectivity index (χ4n) is 4.33. The summed E-state index contributed by atoms with van der Waals surface area (Å²) in [5, 5.41) is 24.1. The fraction of sp³-hybridized carbons (Fsp3) is 0.593. The zero-order chi connectivity index (χ0) is 26.6. The number of guanidine groups is 1. The van der Waals surface area contributed by atoms with Gasteiger partial charge in [-0.3, -0.25) is 9.79 Å². The van der Waals surface area contributed by atoms with E-state index in [2.05, 4.69) is 29.1 Å². The maximum absolute atomic E-state index is 11.9. The normalized spacial score (nSPS) is 24.7. The highest BCUT2D eigenvalue weighted by Crippen LogP contribution is 2.33. The Morgan fingerprint density at radius 1 is 1.42 bits per heavy atom. The van der Waals surface area contributed by atoms with Crippen LogP contribution < -0.4 is 15.8 Å². The second-order valence-electron chi connectivity index (χ2n) is 9.25. The Morgan fingerprint density at radius 2 is 2.19 bits per heavy atom. The predicted molar refractivity (Wildman–Crippen MR) is 138 cm³/mol. The summed E-state index contributed by atoms with van der Waals surface area (Å²) in [4.78, 5) is 26.4. The minimum Gasteiger partial charge on any atom is -0.504 e. The Bertz CT molecular complexity index is 970. The molecule has 1 aromatic rings. The zero-order valence-electron chi connectivity index (χ0n) is 21.5. The van der Waals surface area contributed by atoms with Crippen molar-refractivity contribution in [1.29, 1.82) is 0 Å². The van der Waals surface area contributed by atoms with E-state index < -0.39 is 18.2 Å². The van der Waals surface area contributed by atoms with Gasteiger partial charge in [-0.15, -0.1) is 5.92 Å². The van der Waals surface area contributed by atoms with E-state index in [0.717, 1.165) is 18.3 Å². The molecule has 4 unspecified atom stereocenters. The SMILES string of the molecule is CCC1(CNC(N)=NC)C#CCC(Cc2ccc(O)c(OCCC=O)c2)C(OC(C)=O)CC(O)CC1. The molecule has 0 radical (unpaired) electrons. The molecule has 0 spiro atoms. The van der Waals surface area contributed by atoms with Gasteiger partial charge in [0.05, 0.1) is 12.7 Å². The lowest BCUT2D eigenvalue weighted by Crippen LogP contribution is -2.41. The van der Waals surface area contributed by atoms with Gasteiger partial charge in [0.1, 0.15) is 12.4 Å². The molecule has 198 valence electrons. The van der Waals surface area contributed by atoms with Crippen molar-refractivity contribution in [2.45, 2.75) is 71.0 Å². The van der Waals surface area contributed by atoms with E-state index >= 15 is 0 Å². The summed E-state index contributed by atoms with van der Waals surface area (Å²) in [6.07, 6.45) is 2.98. The lowest BCUT2D eigenvalue weighted by Gasteiger charge is -2.32. The van der Waals surface area contributed by atoms with E-state index in [4.69, 9.17) is 15.2 Å². The fourth-order valence-corrected chi connectivity index (χ4v) is 4.33. The molecule has 0 aromatic heterocycles. The summed E-state index contributed by atoms with van der Waals surface area (Å²) in [5.74, 6) is 6.77. The highest BCUT2D eigenvalue weighted by atomic mass is 16.5. The number of aldehydes is 1. The Labute approximate surface area is 213 Å². The van der Waals surface area contributed by atoms with Gasteiger partial charge >= 0.3 is 5.97 Å². The second-order valence-corrected chi connectivity index (χ2v) is 9.25. The van der Waals surface area contributed by atoms with Gasteiger partial charge < -0.3 is 35.5 Å². The molecule has 36 heavy (non-hydrogen) atoms. The van der Waals surface area contributed by atoms with Gasteiger partial charge in [-0.1, -0.05) is 18.9 Å². The van der Waals surface area contributed by atoms with Crippen LogP contribution in [0.5, 0.6) is 11.5 Å². The topological polar surface area (TPSA) is 143 Å². The number of nitrogens with zero attached hydrogens (tertiary/aromatic N) is 1. The lowest BCUT2D eigenvalue weighted by molar-refractivity contribution is -0.151. The summed E-state index contributed by atoms with van der Waals surface area (Å²) in [5.41, 5.74) is 6.32. The molecule has 1 aliphatic rings. The Kier molecular flexibility index (Phi) is 11.5. The van der Waals surface area contributed by atoms with Crippen LogP contribution in [0.1, 0.15) is 57.9 Å². The van der Waals surface area contributed by atoms with Gasteiger partial charge in [-0.25, -0.2) is 0 Å². The van der Waals surface area contributed by atoms with E-state index in [-0.39, 0.29) is 35.9 Å². The number of aliphatic hydroxyl groups is 1. The Hall–Kier alpha value is -3.25. The van der Waals surface area contributed by atoms with Crippen molar-refractivity contribution < 1.29 is 29.3 Å². The van der Waals surface area contributed by atoms with Crippen LogP contribution in [-0.4, -0.2) is 60.8 Å². The number of nitrogens with two attached hydrogens (primary N) is 1. The van der Waals surface area contributed by atoms with Crippen molar-refractivity contribution in [1.82, 2.24) is 5.32 Å². The van der Waals surface area contributed by atoms with Crippen molar-refractivity contribution >= 4 is 18.2 Å². The van der Waals surface area contributed by atoms with Gasteiger partial charge in [-0.2, -0.15) is 0 Å². The van der Waals surface area contributed by atoms with Gasteiger partial charge in [0.15, 0.2) is 17.5 Å². The quantitative estimate of drug-likeness (QED) is 0.0955. The number of nitrogens with one attached hydrogen (secondary N) is 1. The highest BCUT2D eigenvalue weighted by Gasteiger charge is 2.32. The van der Waals surface area contributed by atoms with Crippen molar-refractivity contribution in [2.24, 2.45) is 22.1 Å². The molecule has 1 aromatic carbocycles. The number of carbonyl (C=O) groups is 2. The number of esters is 1. The summed E-state index contributed by atoms with van der Waals surface area (Å²) in [6, 6.07) is 5.05. The van der Waals surface area contributed by atoms with E-state index in [1.165, 1.54) is 6.92 Å². The molecule has 0 heterocycles. The molecule has 0 aliphatic heterocycles. The van der Waals surface area contributed by atoms with Crippen molar-refractivity contribution in [3.63, 3.8) is 0 Å². The van der Waals surface area contributed by atoms with Gasteiger partial charge in [0.2, 0.25) is 0 Å². The van der Waals surface area contributed by atoms with Crippen LogP contribution in [0.3, 0.4) is 0 Å². The third-order valence-electron chi connectivity index (χ3n) is 6.56. The molecule has 4 atom stereocenters. The monoisotopic (exact) mass is 501 g/mol. The number of benzene rings is 1. The third kappa shape index (κ3) is 9.08. The van der Waals surface area contributed by atoms with Crippen LogP contribution in [0, 0.1) is 23.2 Å². The van der Waals surface area contributed by atoms with Crippen LogP contribution in [-0.2, 0) is 20.7 Å². The molecule has 0 amide bonds. The number of phenolic OH excluding ortho intramolecular Hbond substituents is 1. The molecule has 0 bridgehead atoms. The number of aliphatic hydroxyl groups excluding tert-OH is 1. The summed E-state index contributed by atoms with van der Waals surface area (Å²) in [6.45, 7) is 4.11. The minimum absolute atomic E-state index is 0.0162. The van der Waals surface area contributed by atoms with Crippen molar-refractivity contribution in [3.8, 4) is 23.3 Å². The number of hydrogen-bond acceptors (Lipinski definition) is 7. The molecule has 0 saturated heterocycles. The largest absolute Gasteiger partial charge is 0.504 e. The average molecular weight is 502 g/mol. The number of aliphatic imine (C=N–C) groups is 1. The number of phenols is 1. The molecule has 2 rings (SSSR count). The maximum Gasteiger partial charge on any atom is 0.302 e. The first-order chi connectivity index (χ1) is 17.2. The van der Waals surface area contributed by atoms with Crippen LogP contribution in [0.25, 0.3) is 0 Å². The van der Waals surface area contributed by atoms with E-state index in [1.807, 2.05) is 0 Å². The number of aromatic hydroxyl groups is 1. The molecule has 0 saturated carbocycles. The molecular formula is C27H39N3O6. The summed E-state index contributed by atoms with van der Waals surface area (Å²) < 4.78 is 11.2. The van der Waals surface area contributed by atoms with Crippen LogP contribution in [0.2, 0.25) is 0 Å². The van der Waals surface area contributed by atoms with E-state index in [9.17, 15) is 19.8 Å². The first-order valence-electron chi connectivity index (χ1n) is 12.4. The smallest absolute Gasteiger partial charge is 0.302 e.